The fourth-order valence-corrected chi connectivity index (χ4v) is 1.63. The molecule has 1 aliphatic heterocycles. The van der Waals surface area contributed by atoms with Gasteiger partial charge in [0.25, 0.3) is 0 Å². The van der Waals surface area contributed by atoms with Crippen molar-refractivity contribution in [3.05, 3.63) is 0 Å². The largest absolute Gasteiger partial charge is 0.388 e. The molecule has 0 bridgehead atoms. The number of ether oxygens (including phenoxy) is 1. The number of aliphatic hydroxyl groups is 3. The molecule has 0 aromatic rings. The third kappa shape index (κ3) is 2.43. The molecule has 0 spiro atoms. The third-order valence-electron chi connectivity index (χ3n) is 2.47. The van der Waals surface area contributed by atoms with Crippen LogP contribution in [0.4, 0.5) is 0 Å². The zero-order valence-corrected chi connectivity index (χ0v) is 8.50. The maximum atomic E-state index is 9.61. The topological polar surface area (TPSA) is 95.9 Å². The molecule has 0 radical (unpaired) electrons. The van der Waals surface area contributed by atoms with Crippen molar-refractivity contribution in [2.75, 3.05) is 0 Å². The number of aliphatic hydroxyl groups excluding tert-OH is 3. The molecule has 14 heavy (non-hydrogen) atoms. The molecule has 5 N–H and O–H groups in total. The van der Waals surface area contributed by atoms with E-state index in [2.05, 4.69) is 0 Å². The zero-order valence-electron chi connectivity index (χ0n) is 8.50. The molecule has 0 aromatic carbocycles. The van der Waals surface area contributed by atoms with Gasteiger partial charge in [0, 0.05) is 0 Å². The van der Waals surface area contributed by atoms with E-state index >= 15 is 0 Å². The molecule has 1 aliphatic rings. The Morgan fingerprint density at radius 3 is 2.29 bits per heavy atom. The van der Waals surface area contributed by atoms with Gasteiger partial charge < -0.3 is 25.8 Å². The van der Waals surface area contributed by atoms with Gasteiger partial charge in [-0.15, -0.1) is 0 Å². The van der Waals surface area contributed by atoms with Gasteiger partial charge in [0.15, 0.2) is 6.29 Å². The second kappa shape index (κ2) is 4.55. The summed E-state index contributed by atoms with van der Waals surface area (Å²) < 4.78 is 5.11. The van der Waals surface area contributed by atoms with E-state index in [0.717, 1.165) is 0 Å². The summed E-state index contributed by atoms with van der Waals surface area (Å²) in [5.41, 5.74) is 5.42. The lowest BCUT2D eigenvalue weighted by molar-refractivity contribution is -0.244. The van der Waals surface area contributed by atoms with Crippen LogP contribution in [-0.2, 0) is 4.74 Å². The van der Waals surface area contributed by atoms with E-state index in [1.807, 2.05) is 13.8 Å². The Kier molecular flexibility index (Phi) is 3.86. The predicted octanol–water partition coefficient (Wildman–Crippen LogP) is -1.20. The van der Waals surface area contributed by atoms with E-state index in [1.165, 1.54) is 0 Å². The SMILES string of the molecule is CC(C)C[C@H]1OC(O)[C@@H](N)[C@@H](O)[C@@H]1O. The summed E-state index contributed by atoms with van der Waals surface area (Å²) in [6.45, 7) is 3.95. The summed E-state index contributed by atoms with van der Waals surface area (Å²) in [6.07, 6.45) is -3.29. The lowest BCUT2D eigenvalue weighted by Crippen LogP contribution is -2.61. The minimum Gasteiger partial charge on any atom is -0.388 e. The zero-order chi connectivity index (χ0) is 10.9. The highest BCUT2D eigenvalue weighted by molar-refractivity contribution is 4.91. The van der Waals surface area contributed by atoms with Crippen LogP contribution in [0.5, 0.6) is 0 Å². The van der Waals surface area contributed by atoms with Crippen LogP contribution < -0.4 is 5.73 Å². The van der Waals surface area contributed by atoms with Gasteiger partial charge in [-0.1, -0.05) is 13.8 Å². The van der Waals surface area contributed by atoms with Crippen LogP contribution in [0.3, 0.4) is 0 Å². The van der Waals surface area contributed by atoms with Crippen molar-refractivity contribution in [3.8, 4) is 0 Å². The van der Waals surface area contributed by atoms with Gasteiger partial charge in [0.1, 0.15) is 12.2 Å². The maximum absolute atomic E-state index is 9.61. The Labute approximate surface area is 83.5 Å². The van der Waals surface area contributed by atoms with Gasteiger partial charge in [-0.2, -0.15) is 0 Å². The summed E-state index contributed by atoms with van der Waals surface area (Å²) in [7, 11) is 0. The van der Waals surface area contributed by atoms with Gasteiger partial charge in [0.05, 0.1) is 12.1 Å². The van der Waals surface area contributed by atoms with Crippen molar-refractivity contribution in [2.24, 2.45) is 11.7 Å². The number of hydrogen-bond donors (Lipinski definition) is 4. The first-order valence-corrected chi connectivity index (χ1v) is 4.88. The minimum atomic E-state index is -1.20. The van der Waals surface area contributed by atoms with E-state index in [1.54, 1.807) is 0 Å². The molecule has 0 amide bonds. The summed E-state index contributed by atoms with van der Waals surface area (Å²) in [4.78, 5) is 0. The Balaban J connectivity index is 2.60. The number of rotatable bonds is 2. The average Bonchev–Trinajstić information content (AvgIpc) is 2.10. The first-order valence-electron chi connectivity index (χ1n) is 4.88. The quantitative estimate of drug-likeness (QED) is 0.454. The Hall–Kier alpha value is -0.200. The molecule has 0 saturated carbocycles. The second-order valence-electron chi connectivity index (χ2n) is 4.25. The molecule has 5 nitrogen and oxygen atoms in total. The van der Waals surface area contributed by atoms with Crippen LogP contribution in [0.15, 0.2) is 0 Å². The van der Waals surface area contributed by atoms with Gasteiger partial charge in [0.2, 0.25) is 0 Å². The third-order valence-corrected chi connectivity index (χ3v) is 2.47. The van der Waals surface area contributed by atoms with Crippen molar-refractivity contribution in [2.45, 2.75) is 50.9 Å². The molecule has 84 valence electrons. The molecule has 1 heterocycles. The molecule has 1 fully saturated rings. The summed E-state index contributed by atoms with van der Waals surface area (Å²) in [6, 6.07) is -0.937. The normalized spacial score (nSPS) is 44.4. The standard InChI is InChI=1S/C9H19NO4/c1-4(2)3-5-7(11)8(12)6(10)9(13)14-5/h4-9,11-13H,3,10H2,1-2H3/t5-,6+,7-,8-,9?/m1/s1. The van der Waals surface area contributed by atoms with Crippen LogP contribution in [0.2, 0.25) is 0 Å². The minimum absolute atomic E-state index is 0.323. The van der Waals surface area contributed by atoms with E-state index in [-0.39, 0.29) is 0 Å². The number of nitrogens with two attached hydrogens (primary N) is 1. The summed E-state index contributed by atoms with van der Waals surface area (Å²) in [5.74, 6) is 0.323. The molecule has 0 aromatic heterocycles. The fourth-order valence-electron chi connectivity index (χ4n) is 1.63. The molecular weight excluding hydrogens is 186 g/mol. The monoisotopic (exact) mass is 205 g/mol. The van der Waals surface area contributed by atoms with Crippen molar-refractivity contribution in [1.29, 1.82) is 0 Å². The highest BCUT2D eigenvalue weighted by Crippen LogP contribution is 2.23. The van der Waals surface area contributed by atoms with Gasteiger partial charge in [-0.3, -0.25) is 0 Å². The van der Waals surface area contributed by atoms with Crippen LogP contribution in [0.25, 0.3) is 0 Å². The molecule has 0 aliphatic carbocycles. The van der Waals surface area contributed by atoms with Gasteiger partial charge >= 0.3 is 0 Å². The molecular formula is C9H19NO4. The van der Waals surface area contributed by atoms with Crippen molar-refractivity contribution in [1.82, 2.24) is 0 Å². The first kappa shape index (κ1) is 11.9. The Bertz CT molecular complexity index is 188. The van der Waals surface area contributed by atoms with E-state index in [4.69, 9.17) is 10.5 Å². The second-order valence-corrected chi connectivity index (χ2v) is 4.25. The predicted molar refractivity (Wildman–Crippen MR) is 50.3 cm³/mol. The molecule has 1 unspecified atom stereocenters. The molecule has 1 saturated heterocycles. The van der Waals surface area contributed by atoms with E-state index in [0.29, 0.717) is 12.3 Å². The van der Waals surface area contributed by atoms with Crippen LogP contribution in [0.1, 0.15) is 20.3 Å². The molecule has 1 rings (SSSR count). The maximum Gasteiger partial charge on any atom is 0.172 e. The van der Waals surface area contributed by atoms with Crippen molar-refractivity contribution < 1.29 is 20.1 Å². The van der Waals surface area contributed by atoms with Crippen LogP contribution in [-0.4, -0.2) is 46.0 Å². The molecule has 5 atom stereocenters. The Morgan fingerprint density at radius 1 is 1.21 bits per heavy atom. The highest BCUT2D eigenvalue weighted by atomic mass is 16.6. The van der Waals surface area contributed by atoms with Gasteiger partial charge in [-0.05, 0) is 12.3 Å². The van der Waals surface area contributed by atoms with Crippen LogP contribution >= 0.6 is 0 Å². The van der Waals surface area contributed by atoms with Crippen molar-refractivity contribution >= 4 is 0 Å². The lowest BCUT2D eigenvalue weighted by atomic mass is 9.92. The fraction of sp³-hybridized carbons (Fsp3) is 1.00. The lowest BCUT2D eigenvalue weighted by Gasteiger charge is -2.39. The van der Waals surface area contributed by atoms with E-state index in [9.17, 15) is 15.3 Å². The van der Waals surface area contributed by atoms with Gasteiger partial charge in [-0.25, -0.2) is 0 Å². The summed E-state index contributed by atoms with van der Waals surface area (Å²) >= 11 is 0. The first-order chi connectivity index (χ1) is 6.43. The van der Waals surface area contributed by atoms with Crippen molar-refractivity contribution in [3.63, 3.8) is 0 Å². The molecule has 5 heteroatoms. The number of hydrogen-bond acceptors (Lipinski definition) is 5. The Morgan fingerprint density at radius 2 is 1.79 bits per heavy atom. The summed E-state index contributed by atoms with van der Waals surface area (Å²) in [5, 5.41) is 28.4. The van der Waals surface area contributed by atoms with E-state index < -0.39 is 30.6 Å². The van der Waals surface area contributed by atoms with Crippen LogP contribution in [0, 0.1) is 5.92 Å². The average molecular weight is 205 g/mol. The highest BCUT2D eigenvalue weighted by Gasteiger charge is 2.41. The smallest absolute Gasteiger partial charge is 0.172 e.